The summed E-state index contributed by atoms with van der Waals surface area (Å²) in [7, 11) is 0. The van der Waals surface area contributed by atoms with Gasteiger partial charge in [0.1, 0.15) is 5.78 Å². The maximum Gasteiger partial charge on any atom is 0.134 e. The van der Waals surface area contributed by atoms with Crippen LogP contribution in [0.5, 0.6) is 0 Å². The smallest absolute Gasteiger partial charge is 0.134 e. The summed E-state index contributed by atoms with van der Waals surface area (Å²) in [6, 6.07) is 4.03. The first-order valence-corrected chi connectivity index (χ1v) is 4.59. The van der Waals surface area contributed by atoms with Gasteiger partial charge in [0.05, 0.1) is 11.7 Å². The van der Waals surface area contributed by atoms with Crippen molar-refractivity contribution in [3.63, 3.8) is 0 Å². The molecule has 2 heterocycles. The summed E-state index contributed by atoms with van der Waals surface area (Å²) in [5.74, 6) is 0.167. The molecule has 2 rings (SSSR count). The second kappa shape index (κ2) is 3.25. The molecule has 2 aromatic rings. The Morgan fingerprint density at radius 3 is 3.00 bits per heavy atom. The van der Waals surface area contributed by atoms with Gasteiger partial charge < -0.3 is 0 Å². The first kappa shape index (κ1) is 8.94. The van der Waals surface area contributed by atoms with Crippen molar-refractivity contribution < 1.29 is 4.79 Å². The molecule has 3 nitrogen and oxygen atoms in total. The molecule has 0 amide bonds. The molecule has 0 unspecified atom stereocenters. The van der Waals surface area contributed by atoms with Crippen LogP contribution < -0.4 is 0 Å². The zero-order valence-corrected chi connectivity index (χ0v) is 8.32. The van der Waals surface area contributed by atoms with Crippen molar-refractivity contribution in [2.45, 2.75) is 20.3 Å². The predicted octanol–water partition coefficient (Wildman–Crippen LogP) is 1.77. The average molecular weight is 188 g/mol. The highest BCUT2D eigenvalue weighted by Crippen LogP contribution is 2.12. The van der Waals surface area contributed by atoms with Crippen LogP contribution in [0.4, 0.5) is 0 Å². The van der Waals surface area contributed by atoms with Crippen molar-refractivity contribution in [3.8, 4) is 0 Å². The number of carbonyl (C=O) groups is 1. The van der Waals surface area contributed by atoms with Gasteiger partial charge in [0.2, 0.25) is 0 Å². The highest BCUT2D eigenvalue weighted by molar-refractivity contribution is 5.80. The van der Waals surface area contributed by atoms with E-state index < -0.39 is 0 Å². The number of fused-ring (bicyclic) bond motifs is 1. The normalized spacial score (nSPS) is 10.7. The summed E-state index contributed by atoms with van der Waals surface area (Å²) in [4.78, 5) is 11.0. The van der Waals surface area contributed by atoms with Gasteiger partial charge in [-0.05, 0) is 25.5 Å². The molecule has 0 aliphatic heterocycles. The number of Topliss-reactive ketones (excluding diaryl/α,β-unsaturated/α-hetero) is 1. The van der Waals surface area contributed by atoms with Crippen LogP contribution in [-0.4, -0.2) is 15.4 Å². The van der Waals surface area contributed by atoms with Crippen molar-refractivity contribution >= 4 is 11.3 Å². The highest BCUT2D eigenvalue weighted by Gasteiger charge is 2.05. The van der Waals surface area contributed by atoms with Gasteiger partial charge in [-0.2, -0.15) is 5.10 Å². The molecular formula is C11H12N2O. The number of pyridine rings is 1. The third-order valence-electron chi connectivity index (χ3n) is 2.18. The van der Waals surface area contributed by atoms with Crippen LogP contribution in [0.1, 0.15) is 18.1 Å². The quantitative estimate of drug-likeness (QED) is 0.719. The Labute approximate surface area is 82.4 Å². The molecule has 0 atom stereocenters. The Balaban J connectivity index is 2.52. The first-order chi connectivity index (χ1) is 6.66. The molecule has 0 saturated heterocycles. The fourth-order valence-corrected chi connectivity index (χ4v) is 1.54. The summed E-state index contributed by atoms with van der Waals surface area (Å²) >= 11 is 0. The lowest BCUT2D eigenvalue weighted by molar-refractivity contribution is -0.116. The number of carbonyl (C=O) groups excluding carboxylic acids is 1. The first-order valence-electron chi connectivity index (χ1n) is 4.59. The molecule has 2 aromatic heterocycles. The third-order valence-corrected chi connectivity index (χ3v) is 2.18. The van der Waals surface area contributed by atoms with Crippen molar-refractivity contribution in [2.24, 2.45) is 0 Å². The predicted molar refractivity (Wildman–Crippen MR) is 54.3 cm³/mol. The van der Waals surface area contributed by atoms with Gasteiger partial charge in [0.15, 0.2) is 0 Å². The van der Waals surface area contributed by atoms with E-state index in [9.17, 15) is 4.79 Å². The van der Waals surface area contributed by atoms with Crippen LogP contribution in [0, 0.1) is 6.92 Å². The minimum atomic E-state index is 0.167. The summed E-state index contributed by atoms with van der Waals surface area (Å²) in [6.07, 6.45) is 4.18. The summed E-state index contributed by atoms with van der Waals surface area (Å²) in [5.41, 5.74) is 3.18. The van der Waals surface area contributed by atoms with Gasteiger partial charge in [-0.15, -0.1) is 0 Å². The van der Waals surface area contributed by atoms with E-state index in [1.807, 2.05) is 29.8 Å². The Morgan fingerprint density at radius 2 is 2.29 bits per heavy atom. The molecule has 0 N–H and O–H groups in total. The van der Waals surface area contributed by atoms with Crippen LogP contribution in [0.15, 0.2) is 24.5 Å². The molecule has 14 heavy (non-hydrogen) atoms. The molecule has 3 heteroatoms. The Bertz CT molecular complexity index is 485. The fourth-order valence-electron chi connectivity index (χ4n) is 1.54. The van der Waals surface area contributed by atoms with Crippen LogP contribution in [0.2, 0.25) is 0 Å². The van der Waals surface area contributed by atoms with Gasteiger partial charge in [0.25, 0.3) is 0 Å². The van der Waals surface area contributed by atoms with Crippen LogP contribution >= 0.6 is 0 Å². The largest absolute Gasteiger partial charge is 0.300 e. The van der Waals surface area contributed by atoms with Crippen LogP contribution in [-0.2, 0) is 11.2 Å². The fraction of sp³-hybridized carbons (Fsp3) is 0.273. The van der Waals surface area contributed by atoms with Gasteiger partial charge in [-0.3, -0.25) is 4.79 Å². The molecule has 0 saturated carbocycles. The van der Waals surface area contributed by atoms with Crippen molar-refractivity contribution in [1.29, 1.82) is 0 Å². The number of aromatic nitrogens is 2. The standard InChI is InChI=1S/C11H12N2O/c1-8-3-4-11-10(5-9(2)14)6-12-13(11)7-8/h3-4,6-7H,5H2,1-2H3. The van der Waals surface area contributed by atoms with E-state index in [0.717, 1.165) is 16.6 Å². The SMILES string of the molecule is CC(=O)Cc1cnn2cc(C)ccc12. The summed E-state index contributed by atoms with van der Waals surface area (Å²) in [6.45, 7) is 3.61. The summed E-state index contributed by atoms with van der Waals surface area (Å²) in [5, 5.41) is 4.20. The van der Waals surface area contributed by atoms with Crippen molar-refractivity contribution in [3.05, 3.63) is 35.7 Å². The molecular weight excluding hydrogens is 176 g/mol. The van der Waals surface area contributed by atoms with E-state index in [2.05, 4.69) is 5.10 Å². The number of rotatable bonds is 2. The lowest BCUT2D eigenvalue weighted by Gasteiger charge is -1.97. The Kier molecular flexibility index (Phi) is 2.08. The zero-order valence-electron chi connectivity index (χ0n) is 8.32. The zero-order chi connectivity index (χ0) is 10.1. The Hall–Kier alpha value is -1.64. The van der Waals surface area contributed by atoms with E-state index in [1.54, 1.807) is 13.1 Å². The number of hydrogen-bond acceptors (Lipinski definition) is 2. The molecule has 0 radical (unpaired) electrons. The number of aryl methyl sites for hydroxylation is 1. The molecule has 0 aliphatic rings. The monoisotopic (exact) mass is 188 g/mol. The molecule has 0 bridgehead atoms. The second-order valence-electron chi connectivity index (χ2n) is 3.58. The topological polar surface area (TPSA) is 34.4 Å². The van der Waals surface area contributed by atoms with E-state index in [4.69, 9.17) is 0 Å². The average Bonchev–Trinajstić information content (AvgIpc) is 2.47. The molecule has 0 fully saturated rings. The van der Waals surface area contributed by atoms with Crippen LogP contribution in [0.3, 0.4) is 0 Å². The van der Waals surface area contributed by atoms with Gasteiger partial charge >= 0.3 is 0 Å². The minimum absolute atomic E-state index is 0.167. The second-order valence-corrected chi connectivity index (χ2v) is 3.58. The maximum atomic E-state index is 11.0. The molecule has 72 valence electrons. The molecule has 0 spiro atoms. The third kappa shape index (κ3) is 1.53. The highest BCUT2D eigenvalue weighted by atomic mass is 16.1. The van der Waals surface area contributed by atoms with E-state index >= 15 is 0 Å². The number of ketones is 1. The minimum Gasteiger partial charge on any atom is -0.300 e. The van der Waals surface area contributed by atoms with Crippen LogP contribution in [0.25, 0.3) is 5.52 Å². The van der Waals surface area contributed by atoms with E-state index in [0.29, 0.717) is 6.42 Å². The van der Waals surface area contributed by atoms with Gasteiger partial charge in [0, 0.05) is 18.2 Å². The lowest BCUT2D eigenvalue weighted by Crippen LogP contribution is -1.95. The van der Waals surface area contributed by atoms with Crippen molar-refractivity contribution in [2.75, 3.05) is 0 Å². The molecule has 0 aromatic carbocycles. The van der Waals surface area contributed by atoms with Crippen molar-refractivity contribution in [1.82, 2.24) is 9.61 Å². The van der Waals surface area contributed by atoms with Gasteiger partial charge in [-0.25, -0.2) is 4.52 Å². The summed E-state index contributed by atoms with van der Waals surface area (Å²) < 4.78 is 1.81. The number of nitrogens with zero attached hydrogens (tertiary/aromatic N) is 2. The Morgan fingerprint density at radius 1 is 1.50 bits per heavy atom. The van der Waals surface area contributed by atoms with E-state index in [-0.39, 0.29) is 5.78 Å². The molecule has 0 aliphatic carbocycles. The number of hydrogen-bond donors (Lipinski definition) is 0. The maximum absolute atomic E-state index is 11.0. The van der Waals surface area contributed by atoms with Gasteiger partial charge in [-0.1, -0.05) is 6.07 Å². The lowest BCUT2D eigenvalue weighted by atomic mass is 10.1. The van der Waals surface area contributed by atoms with E-state index in [1.165, 1.54) is 0 Å².